The highest BCUT2D eigenvalue weighted by Gasteiger charge is 2.02. The molecule has 0 fully saturated rings. The highest BCUT2D eigenvalue weighted by atomic mass is 79.9. The minimum atomic E-state index is 0.405. The predicted octanol–water partition coefficient (Wildman–Crippen LogP) is 2.74. The molecule has 17 heavy (non-hydrogen) atoms. The van der Waals surface area contributed by atoms with Gasteiger partial charge in [0.25, 0.3) is 0 Å². The Kier molecular flexibility index (Phi) is 4.17. The van der Waals surface area contributed by atoms with E-state index in [1.807, 2.05) is 25.2 Å². The highest BCUT2D eigenvalue weighted by Crippen LogP contribution is 2.17. The molecule has 0 aliphatic heterocycles. The van der Waals surface area contributed by atoms with Crippen molar-refractivity contribution in [3.8, 4) is 5.75 Å². The number of hydrogen-bond donors (Lipinski definition) is 1. The van der Waals surface area contributed by atoms with Gasteiger partial charge in [-0.1, -0.05) is 0 Å². The van der Waals surface area contributed by atoms with Crippen LogP contribution in [-0.4, -0.2) is 12.0 Å². The first-order valence-electron chi connectivity index (χ1n) is 5.23. The molecule has 0 spiro atoms. The van der Waals surface area contributed by atoms with E-state index in [0.717, 1.165) is 22.5 Å². The second kappa shape index (κ2) is 5.84. The first-order valence-corrected chi connectivity index (χ1v) is 6.03. The summed E-state index contributed by atoms with van der Waals surface area (Å²) in [6, 6.07) is 5.72. The van der Waals surface area contributed by atoms with Crippen LogP contribution in [0.5, 0.6) is 5.75 Å². The van der Waals surface area contributed by atoms with Gasteiger partial charge < -0.3 is 14.5 Å². The van der Waals surface area contributed by atoms with E-state index in [0.29, 0.717) is 12.4 Å². The molecule has 5 heteroatoms. The molecule has 0 bridgehead atoms. The molecule has 0 saturated carbocycles. The van der Waals surface area contributed by atoms with E-state index in [9.17, 15) is 0 Å². The van der Waals surface area contributed by atoms with Crippen LogP contribution >= 0.6 is 15.9 Å². The first-order chi connectivity index (χ1) is 8.28. The van der Waals surface area contributed by atoms with Crippen LogP contribution in [0.2, 0.25) is 0 Å². The Labute approximate surface area is 108 Å². The van der Waals surface area contributed by atoms with E-state index in [-0.39, 0.29) is 0 Å². The Morgan fingerprint density at radius 3 is 2.94 bits per heavy atom. The third-order valence-corrected chi connectivity index (χ3v) is 2.56. The van der Waals surface area contributed by atoms with Crippen molar-refractivity contribution in [3.63, 3.8) is 0 Å². The summed E-state index contributed by atoms with van der Waals surface area (Å²) in [4.78, 5) is 4.02. The summed E-state index contributed by atoms with van der Waals surface area (Å²) < 4.78 is 12.0. The maximum Gasteiger partial charge on any atom is 0.146 e. The van der Waals surface area contributed by atoms with E-state index in [2.05, 4.69) is 26.2 Å². The van der Waals surface area contributed by atoms with Crippen molar-refractivity contribution in [1.82, 2.24) is 10.3 Å². The summed E-state index contributed by atoms with van der Waals surface area (Å²) in [5.74, 6) is 2.42. The molecule has 0 aliphatic rings. The average Bonchev–Trinajstić information content (AvgIpc) is 2.75. The maximum absolute atomic E-state index is 5.56. The highest BCUT2D eigenvalue weighted by molar-refractivity contribution is 9.10. The summed E-state index contributed by atoms with van der Waals surface area (Å²) >= 11 is 3.34. The van der Waals surface area contributed by atoms with Crippen LogP contribution in [0.4, 0.5) is 0 Å². The Balaban J connectivity index is 1.93. The number of halogens is 1. The molecule has 4 nitrogen and oxygen atoms in total. The van der Waals surface area contributed by atoms with Gasteiger partial charge in [0.15, 0.2) is 0 Å². The van der Waals surface area contributed by atoms with Crippen molar-refractivity contribution in [3.05, 3.63) is 46.6 Å². The molecule has 0 amide bonds. The minimum Gasteiger partial charge on any atom is -0.484 e. The van der Waals surface area contributed by atoms with Crippen LogP contribution in [0.25, 0.3) is 0 Å². The number of nitrogens with one attached hydrogen (secondary N) is 1. The summed E-state index contributed by atoms with van der Waals surface area (Å²) in [7, 11) is 1.88. The number of furan rings is 1. The normalized spacial score (nSPS) is 10.5. The average molecular weight is 297 g/mol. The van der Waals surface area contributed by atoms with E-state index in [1.165, 1.54) is 0 Å². The third-order valence-electron chi connectivity index (χ3n) is 2.13. The molecule has 0 saturated heterocycles. The molecule has 0 unspecified atom stereocenters. The number of nitrogens with zero attached hydrogens (tertiary/aromatic N) is 1. The number of pyridine rings is 1. The topological polar surface area (TPSA) is 47.3 Å². The Morgan fingerprint density at radius 1 is 1.35 bits per heavy atom. The largest absolute Gasteiger partial charge is 0.484 e. The lowest BCUT2D eigenvalue weighted by Gasteiger charge is -2.03. The molecule has 0 radical (unpaired) electrons. The van der Waals surface area contributed by atoms with Crippen LogP contribution in [0, 0.1) is 0 Å². The van der Waals surface area contributed by atoms with Crippen molar-refractivity contribution in [2.75, 3.05) is 7.05 Å². The second-order valence-corrected chi connectivity index (χ2v) is 4.44. The molecule has 1 N–H and O–H groups in total. The van der Waals surface area contributed by atoms with Gasteiger partial charge in [-0.15, -0.1) is 0 Å². The van der Waals surface area contributed by atoms with Gasteiger partial charge in [0.1, 0.15) is 23.9 Å². The van der Waals surface area contributed by atoms with Crippen LogP contribution in [-0.2, 0) is 13.2 Å². The number of ether oxygens (including phenoxy) is 1. The molecule has 2 rings (SSSR count). The monoisotopic (exact) mass is 296 g/mol. The first kappa shape index (κ1) is 12.1. The SMILES string of the molecule is CNCc1ccc(COc2cncc(Br)c2)o1. The standard InChI is InChI=1S/C12H13BrN2O2/c1-14-6-10-2-3-11(17-10)8-16-12-4-9(13)5-15-7-12/h2-5,7,14H,6,8H2,1H3. The van der Waals surface area contributed by atoms with Crippen LogP contribution < -0.4 is 10.1 Å². The molecule has 0 aliphatic carbocycles. The summed E-state index contributed by atoms with van der Waals surface area (Å²) in [5.41, 5.74) is 0. The molecule has 2 heterocycles. The summed E-state index contributed by atoms with van der Waals surface area (Å²) in [5, 5.41) is 3.03. The smallest absolute Gasteiger partial charge is 0.146 e. The van der Waals surface area contributed by atoms with Gasteiger partial charge in [0.05, 0.1) is 12.7 Å². The van der Waals surface area contributed by atoms with Gasteiger partial charge >= 0.3 is 0 Å². The Bertz CT molecular complexity index is 485. The van der Waals surface area contributed by atoms with Gasteiger partial charge in [-0.25, -0.2) is 0 Å². The molecule has 90 valence electrons. The van der Waals surface area contributed by atoms with E-state index >= 15 is 0 Å². The summed E-state index contributed by atoms with van der Waals surface area (Å²) in [6.07, 6.45) is 3.38. The van der Waals surface area contributed by atoms with Crippen LogP contribution in [0.1, 0.15) is 11.5 Å². The molecule has 2 aromatic rings. The van der Waals surface area contributed by atoms with Crippen molar-refractivity contribution in [2.24, 2.45) is 0 Å². The Morgan fingerprint density at radius 2 is 2.18 bits per heavy atom. The van der Waals surface area contributed by atoms with E-state index < -0.39 is 0 Å². The molecular weight excluding hydrogens is 284 g/mol. The minimum absolute atomic E-state index is 0.405. The lowest BCUT2D eigenvalue weighted by Crippen LogP contribution is -2.03. The van der Waals surface area contributed by atoms with Crippen molar-refractivity contribution in [2.45, 2.75) is 13.2 Å². The van der Waals surface area contributed by atoms with Gasteiger partial charge in [-0.3, -0.25) is 4.98 Å². The van der Waals surface area contributed by atoms with Crippen LogP contribution in [0.15, 0.2) is 39.5 Å². The molecular formula is C12H13BrN2O2. The zero-order valence-corrected chi connectivity index (χ0v) is 11.0. The number of hydrogen-bond acceptors (Lipinski definition) is 4. The van der Waals surface area contributed by atoms with Crippen molar-refractivity contribution < 1.29 is 9.15 Å². The fraction of sp³-hybridized carbons (Fsp3) is 0.250. The predicted molar refractivity (Wildman–Crippen MR) is 67.7 cm³/mol. The Hall–Kier alpha value is -1.33. The van der Waals surface area contributed by atoms with E-state index in [4.69, 9.17) is 9.15 Å². The quantitative estimate of drug-likeness (QED) is 0.922. The molecule has 2 aromatic heterocycles. The fourth-order valence-corrected chi connectivity index (χ4v) is 1.74. The summed E-state index contributed by atoms with van der Waals surface area (Å²) in [6.45, 7) is 1.13. The van der Waals surface area contributed by atoms with E-state index in [1.54, 1.807) is 12.4 Å². The zero-order valence-electron chi connectivity index (χ0n) is 9.44. The molecule has 0 atom stereocenters. The third kappa shape index (κ3) is 3.57. The van der Waals surface area contributed by atoms with Crippen molar-refractivity contribution >= 4 is 15.9 Å². The van der Waals surface area contributed by atoms with Crippen molar-refractivity contribution in [1.29, 1.82) is 0 Å². The number of rotatable bonds is 5. The van der Waals surface area contributed by atoms with Gasteiger partial charge in [-0.2, -0.15) is 0 Å². The second-order valence-electron chi connectivity index (χ2n) is 3.53. The zero-order chi connectivity index (χ0) is 12.1. The lowest BCUT2D eigenvalue weighted by molar-refractivity contribution is 0.264. The fourth-order valence-electron chi connectivity index (χ4n) is 1.39. The lowest BCUT2D eigenvalue weighted by atomic mass is 10.4. The van der Waals surface area contributed by atoms with Gasteiger partial charge in [0, 0.05) is 10.7 Å². The van der Waals surface area contributed by atoms with Gasteiger partial charge in [0.2, 0.25) is 0 Å². The molecule has 0 aromatic carbocycles. The van der Waals surface area contributed by atoms with Gasteiger partial charge in [-0.05, 0) is 41.2 Å². The maximum atomic E-state index is 5.56. The van der Waals surface area contributed by atoms with Crippen LogP contribution in [0.3, 0.4) is 0 Å². The number of aromatic nitrogens is 1.